The lowest BCUT2D eigenvalue weighted by atomic mass is 10.0. The van der Waals surface area contributed by atoms with Gasteiger partial charge in [-0.25, -0.2) is 0 Å². The molecule has 0 aromatic heterocycles. The van der Waals surface area contributed by atoms with Crippen molar-refractivity contribution < 1.29 is 4.79 Å². The predicted octanol–water partition coefficient (Wildman–Crippen LogP) is 0.291. The van der Waals surface area contributed by atoms with Crippen LogP contribution < -0.4 is 5.32 Å². The van der Waals surface area contributed by atoms with E-state index in [2.05, 4.69) is 22.2 Å². The molecule has 2 aliphatic heterocycles. The molecule has 0 bridgehead atoms. The Bertz CT molecular complexity index is 249. The molecule has 1 amide bonds. The second kappa shape index (κ2) is 5.15. The maximum atomic E-state index is 11.8. The lowest BCUT2D eigenvalue weighted by Crippen LogP contribution is -2.50. The number of amides is 1. The third-order valence-corrected chi connectivity index (χ3v) is 4.00. The highest BCUT2D eigenvalue weighted by Gasteiger charge is 2.35. The molecule has 0 saturated carbocycles. The average molecular weight is 225 g/mol. The van der Waals surface area contributed by atoms with Crippen LogP contribution in [0.3, 0.4) is 0 Å². The first kappa shape index (κ1) is 11.9. The van der Waals surface area contributed by atoms with Crippen LogP contribution in [0.25, 0.3) is 0 Å². The molecule has 4 nitrogen and oxygen atoms in total. The van der Waals surface area contributed by atoms with Crippen molar-refractivity contribution in [3.05, 3.63) is 0 Å². The number of piperidine rings is 1. The molecule has 2 saturated heterocycles. The summed E-state index contributed by atoms with van der Waals surface area (Å²) >= 11 is 0. The van der Waals surface area contributed by atoms with Gasteiger partial charge in [-0.2, -0.15) is 0 Å². The first-order valence-electron chi connectivity index (χ1n) is 6.38. The van der Waals surface area contributed by atoms with Gasteiger partial charge in [0.1, 0.15) is 0 Å². The van der Waals surface area contributed by atoms with Gasteiger partial charge in [0.25, 0.3) is 0 Å². The van der Waals surface area contributed by atoms with E-state index in [1.54, 1.807) is 7.05 Å². The highest BCUT2D eigenvalue weighted by atomic mass is 16.2. The van der Waals surface area contributed by atoms with Gasteiger partial charge in [-0.15, -0.1) is 0 Å². The highest BCUT2D eigenvalue weighted by Crippen LogP contribution is 2.25. The molecule has 0 aromatic carbocycles. The Labute approximate surface area is 98.0 Å². The Kier molecular flexibility index (Phi) is 3.82. The summed E-state index contributed by atoms with van der Waals surface area (Å²) in [4.78, 5) is 16.6. The summed E-state index contributed by atoms with van der Waals surface area (Å²) in [5.41, 5.74) is 0. The Morgan fingerprint density at radius 3 is 2.50 bits per heavy atom. The average Bonchev–Trinajstić information content (AvgIpc) is 2.78. The van der Waals surface area contributed by atoms with Crippen molar-refractivity contribution in [2.45, 2.75) is 37.8 Å². The predicted molar refractivity (Wildman–Crippen MR) is 64.3 cm³/mol. The van der Waals surface area contributed by atoms with Crippen molar-refractivity contribution >= 4 is 5.91 Å². The van der Waals surface area contributed by atoms with Crippen LogP contribution in [0.2, 0.25) is 0 Å². The summed E-state index contributed by atoms with van der Waals surface area (Å²) < 4.78 is 0. The summed E-state index contributed by atoms with van der Waals surface area (Å²) in [6, 6.07) is 0.763. The lowest BCUT2D eigenvalue weighted by molar-refractivity contribution is -0.126. The zero-order chi connectivity index (χ0) is 11.5. The van der Waals surface area contributed by atoms with Gasteiger partial charge in [0.2, 0.25) is 5.91 Å². The molecule has 2 rings (SSSR count). The number of nitrogens with one attached hydrogen (secondary N) is 1. The molecule has 0 aromatic rings. The zero-order valence-corrected chi connectivity index (χ0v) is 10.4. The summed E-state index contributed by atoms with van der Waals surface area (Å²) in [5.74, 6) is 0.205. The minimum absolute atomic E-state index is 0.137. The minimum Gasteiger partial charge on any atom is -0.358 e. The van der Waals surface area contributed by atoms with E-state index in [1.165, 1.54) is 32.4 Å². The Morgan fingerprint density at radius 1 is 1.19 bits per heavy atom. The lowest BCUT2D eigenvalue weighted by Gasteiger charge is -2.37. The second-order valence-corrected chi connectivity index (χ2v) is 5.04. The van der Waals surface area contributed by atoms with E-state index in [9.17, 15) is 4.79 Å². The monoisotopic (exact) mass is 225 g/mol. The SMILES string of the molecule is CNC(=O)C1CCCN1C1CCN(C)CC1. The van der Waals surface area contributed by atoms with Crippen molar-refractivity contribution in [1.82, 2.24) is 15.1 Å². The Balaban J connectivity index is 1.94. The van der Waals surface area contributed by atoms with Gasteiger partial charge in [0, 0.05) is 13.1 Å². The van der Waals surface area contributed by atoms with Crippen molar-refractivity contribution in [2.75, 3.05) is 33.7 Å². The van der Waals surface area contributed by atoms with E-state index in [-0.39, 0.29) is 11.9 Å². The third kappa shape index (κ3) is 2.38. The number of carbonyl (C=O) groups is 1. The van der Waals surface area contributed by atoms with Gasteiger partial charge in [0.05, 0.1) is 6.04 Å². The van der Waals surface area contributed by atoms with Crippen LogP contribution >= 0.6 is 0 Å². The van der Waals surface area contributed by atoms with Gasteiger partial charge in [0.15, 0.2) is 0 Å². The fraction of sp³-hybridized carbons (Fsp3) is 0.917. The van der Waals surface area contributed by atoms with Crippen molar-refractivity contribution in [3.63, 3.8) is 0 Å². The van der Waals surface area contributed by atoms with Gasteiger partial charge >= 0.3 is 0 Å². The standard InChI is InChI=1S/C12H23N3O/c1-13-12(16)11-4-3-7-15(11)10-5-8-14(2)9-6-10/h10-11H,3-9H2,1-2H3,(H,13,16). The number of rotatable bonds is 2. The molecule has 2 heterocycles. The largest absolute Gasteiger partial charge is 0.358 e. The smallest absolute Gasteiger partial charge is 0.237 e. The maximum absolute atomic E-state index is 11.8. The van der Waals surface area contributed by atoms with Crippen LogP contribution in [0.1, 0.15) is 25.7 Å². The highest BCUT2D eigenvalue weighted by molar-refractivity contribution is 5.81. The molecule has 16 heavy (non-hydrogen) atoms. The number of likely N-dealkylation sites (N-methyl/N-ethyl adjacent to an activating group) is 1. The first-order chi connectivity index (χ1) is 7.72. The minimum atomic E-state index is 0.137. The van der Waals surface area contributed by atoms with Crippen molar-refractivity contribution in [3.8, 4) is 0 Å². The molecule has 2 aliphatic rings. The van der Waals surface area contributed by atoms with Gasteiger partial charge in [-0.05, 0) is 52.4 Å². The summed E-state index contributed by atoms with van der Waals surface area (Å²) in [6.45, 7) is 3.44. The van der Waals surface area contributed by atoms with Crippen LogP contribution in [0, 0.1) is 0 Å². The van der Waals surface area contributed by atoms with Gasteiger partial charge < -0.3 is 10.2 Å². The van der Waals surface area contributed by atoms with Crippen molar-refractivity contribution in [1.29, 1.82) is 0 Å². The summed E-state index contributed by atoms with van der Waals surface area (Å²) in [5, 5.41) is 2.79. The number of carbonyl (C=O) groups excluding carboxylic acids is 1. The van der Waals surface area contributed by atoms with Gasteiger partial charge in [-0.3, -0.25) is 9.69 Å². The Morgan fingerprint density at radius 2 is 1.88 bits per heavy atom. The number of hydrogen-bond donors (Lipinski definition) is 1. The Hall–Kier alpha value is -0.610. The third-order valence-electron chi connectivity index (χ3n) is 4.00. The molecule has 0 spiro atoms. The fourth-order valence-corrected chi connectivity index (χ4v) is 3.00. The maximum Gasteiger partial charge on any atom is 0.237 e. The molecule has 2 fully saturated rings. The van der Waals surface area contributed by atoms with E-state index in [4.69, 9.17) is 0 Å². The molecule has 92 valence electrons. The van der Waals surface area contributed by atoms with Crippen LogP contribution in [0.15, 0.2) is 0 Å². The number of likely N-dealkylation sites (tertiary alicyclic amines) is 2. The molecular formula is C12H23N3O. The van der Waals surface area contributed by atoms with Crippen LogP contribution in [0.4, 0.5) is 0 Å². The second-order valence-electron chi connectivity index (χ2n) is 5.04. The molecule has 4 heteroatoms. The van der Waals surface area contributed by atoms with Crippen molar-refractivity contribution in [2.24, 2.45) is 0 Å². The number of nitrogens with zero attached hydrogens (tertiary/aromatic N) is 2. The van der Waals surface area contributed by atoms with E-state index in [0.29, 0.717) is 6.04 Å². The van der Waals surface area contributed by atoms with E-state index in [0.717, 1.165) is 13.0 Å². The summed E-state index contributed by atoms with van der Waals surface area (Å²) in [6.07, 6.45) is 4.63. The first-order valence-corrected chi connectivity index (χ1v) is 6.38. The van der Waals surface area contributed by atoms with Crippen LogP contribution in [-0.2, 0) is 4.79 Å². The zero-order valence-electron chi connectivity index (χ0n) is 10.4. The van der Waals surface area contributed by atoms with E-state index >= 15 is 0 Å². The van der Waals surface area contributed by atoms with Gasteiger partial charge in [-0.1, -0.05) is 0 Å². The quantitative estimate of drug-likeness (QED) is 0.734. The van der Waals surface area contributed by atoms with Crippen LogP contribution in [0.5, 0.6) is 0 Å². The molecule has 0 radical (unpaired) electrons. The topological polar surface area (TPSA) is 35.6 Å². The summed E-state index contributed by atoms with van der Waals surface area (Å²) in [7, 11) is 3.92. The number of hydrogen-bond acceptors (Lipinski definition) is 3. The van der Waals surface area contributed by atoms with E-state index in [1.807, 2.05) is 0 Å². The molecule has 1 unspecified atom stereocenters. The molecular weight excluding hydrogens is 202 g/mol. The van der Waals surface area contributed by atoms with E-state index < -0.39 is 0 Å². The normalized spacial score (nSPS) is 29.5. The molecule has 0 aliphatic carbocycles. The molecule has 1 N–H and O–H groups in total. The fourth-order valence-electron chi connectivity index (χ4n) is 3.00. The van der Waals surface area contributed by atoms with Crippen LogP contribution in [-0.4, -0.2) is 61.5 Å². The molecule has 1 atom stereocenters.